The fraction of sp³-hybridized carbons (Fsp3) is 0.0667. The summed E-state index contributed by atoms with van der Waals surface area (Å²) in [5, 5.41) is 9.29. The summed E-state index contributed by atoms with van der Waals surface area (Å²) < 4.78 is 2.70. The minimum absolute atomic E-state index is 0.379. The van der Waals surface area contributed by atoms with E-state index in [0.29, 0.717) is 11.5 Å². The number of aromatic nitrogens is 2. The third-order valence-corrected chi connectivity index (χ3v) is 3.73. The second-order valence-electron chi connectivity index (χ2n) is 4.52. The van der Waals surface area contributed by atoms with Gasteiger partial charge in [0.15, 0.2) is 0 Å². The van der Waals surface area contributed by atoms with Gasteiger partial charge in [-0.3, -0.25) is 4.57 Å². The topological polar surface area (TPSA) is 67.6 Å². The van der Waals surface area contributed by atoms with Gasteiger partial charge >= 0.3 is 0 Å². The van der Waals surface area contributed by atoms with E-state index in [1.807, 2.05) is 41.8 Å². The molecule has 5 heteroatoms. The van der Waals surface area contributed by atoms with Crippen LogP contribution in [0.15, 0.2) is 40.9 Å². The lowest BCUT2D eigenvalue weighted by Crippen LogP contribution is -2.02. The average Bonchev–Trinajstić information content (AvgIpc) is 2.76. The highest BCUT2D eigenvalue weighted by Crippen LogP contribution is 2.28. The van der Waals surface area contributed by atoms with Crippen LogP contribution in [0.2, 0.25) is 0 Å². The molecule has 1 aromatic heterocycles. The summed E-state index contributed by atoms with van der Waals surface area (Å²) in [6.45, 7) is 1.99. The number of nitrogen functional groups attached to an aromatic ring is 1. The molecular formula is C15H11BrN4. The Hall–Kier alpha value is -2.32. The maximum absolute atomic E-state index is 9.29. The molecule has 2 N–H and O–H groups in total. The van der Waals surface area contributed by atoms with E-state index in [1.165, 1.54) is 0 Å². The number of fused-ring (bicyclic) bond motifs is 1. The molecule has 20 heavy (non-hydrogen) atoms. The van der Waals surface area contributed by atoms with Gasteiger partial charge in [0.25, 0.3) is 0 Å². The number of para-hydroxylation sites is 1. The minimum atomic E-state index is 0.379. The van der Waals surface area contributed by atoms with Gasteiger partial charge in [0.1, 0.15) is 6.07 Å². The van der Waals surface area contributed by atoms with Crippen molar-refractivity contribution >= 4 is 32.9 Å². The van der Waals surface area contributed by atoms with Crippen LogP contribution in [0.4, 0.5) is 5.95 Å². The van der Waals surface area contributed by atoms with E-state index >= 15 is 0 Å². The number of benzene rings is 2. The number of imidazole rings is 1. The third-order valence-electron chi connectivity index (χ3n) is 3.23. The maximum Gasteiger partial charge on any atom is 0.205 e. The van der Waals surface area contributed by atoms with Crippen molar-refractivity contribution < 1.29 is 0 Å². The first-order valence-electron chi connectivity index (χ1n) is 6.05. The molecule has 0 saturated carbocycles. The van der Waals surface area contributed by atoms with E-state index in [2.05, 4.69) is 27.0 Å². The van der Waals surface area contributed by atoms with Gasteiger partial charge in [0, 0.05) is 4.47 Å². The van der Waals surface area contributed by atoms with Gasteiger partial charge in [0.05, 0.1) is 22.3 Å². The fourth-order valence-corrected chi connectivity index (χ4v) is 2.64. The van der Waals surface area contributed by atoms with E-state index in [1.54, 1.807) is 6.07 Å². The molecule has 0 saturated heterocycles. The number of nitrogens with zero attached hydrogens (tertiary/aromatic N) is 3. The molecule has 0 bridgehead atoms. The van der Waals surface area contributed by atoms with Gasteiger partial charge < -0.3 is 5.73 Å². The smallest absolute Gasteiger partial charge is 0.205 e. The van der Waals surface area contributed by atoms with Crippen LogP contribution < -0.4 is 5.73 Å². The van der Waals surface area contributed by atoms with Gasteiger partial charge in [-0.15, -0.1) is 0 Å². The molecule has 0 radical (unpaired) electrons. The van der Waals surface area contributed by atoms with Crippen LogP contribution in [0.5, 0.6) is 0 Å². The number of halogens is 1. The van der Waals surface area contributed by atoms with Crippen molar-refractivity contribution in [2.24, 2.45) is 0 Å². The summed E-state index contributed by atoms with van der Waals surface area (Å²) in [4.78, 5) is 4.41. The van der Waals surface area contributed by atoms with E-state index in [0.717, 1.165) is 26.8 Å². The molecule has 4 nitrogen and oxygen atoms in total. The number of hydrogen-bond donors (Lipinski definition) is 1. The molecule has 0 unspecified atom stereocenters. The van der Waals surface area contributed by atoms with Gasteiger partial charge in [-0.2, -0.15) is 5.26 Å². The second-order valence-corrected chi connectivity index (χ2v) is 5.44. The van der Waals surface area contributed by atoms with Crippen molar-refractivity contribution in [3.05, 3.63) is 52.0 Å². The predicted molar refractivity (Wildman–Crippen MR) is 82.6 cm³/mol. The molecule has 2 aromatic carbocycles. The highest BCUT2D eigenvalue weighted by Gasteiger charge is 2.14. The Bertz CT molecular complexity index is 858. The van der Waals surface area contributed by atoms with E-state index < -0.39 is 0 Å². The van der Waals surface area contributed by atoms with Crippen molar-refractivity contribution in [3.8, 4) is 11.8 Å². The van der Waals surface area contributed by atoms with Crippen molar-refractivity contribution in [1.29, 1.82) is 5.26 Å². The Morgan fingerprint density at radius 1 is 1.30 bits per heavy atom. The summed E-state index contributed by atoms with van der Waals surface area (Å²) in [7, 11) is 0. The van der Waals surface area contributed by atoms with Crippen LogP contribution in [0.25, 0.3) is 16.7 Å². The van der Waals surface area contributed by atoms with Crippen LogP contribution in [0.3, 0.4) is 0 Å². The fourth-order valence-electron chi connectivity index (χ4n) is 2.29. The van der Waals surface area contributed by atoms with Crippen LogP contribution in [-0.2, 0) is 0 Å². The summed E-state index contributed by atoms with van der Waals surface area (Å²) in [6.07, 6.45) is 0. The molecule has 0 amide bonds. The van der Waals surface area contributed by atoms with E-state index in [4.69, 9.17) is 5.73 Å². The Morgan fingerprint density at radius 2 is 2.10 bits per heavy atom. The summed E-state index contributed by atoms with van der Waals surface area (Å²) >= 11 is 3.43. The lowest BCUT2D eigenvalue weighted by atomic mass is 10.1. The first-order chi connectivity index (χ1) is 9.61. The van der Waals surface area contributed by atoms with E-state index in [-0.39, 0.29) is 0 Å². The van der Waals surface area contributed by atoms with Gasteiger partial charge in [-0.1, -0.05) is 28.1 Å². The normalized spacial score (nSPS) is 10.7. The SMILES string of the molecule is Cc1cccc2c1nc(N)n2-c1cc(Br)ccc1C#N. The molecular weight excluding hydrogens is 316 g/mol. The zero-order valence-electron chi connectivity index (χ0n) is 10.8. The van der Waals surface area contributed by atoms with Crippen LogP contribution >= 0.6 is 15.9 Å². The lowest BCUT2D eigenvalue weighted by Gasteiger charge is -2.09. The van der Waals surface area contributed by atoms with Crippen LogP contribution in [-0.4, -0.2) is 9.55 Å². The molecule has 98 valence electrons. The molecule has 0 atom stereocenters. The molecule has 0 aliphatic carbocycles. The lowest BCUT2D eigenvalue weighted by molar-refractivity contribution is 1.10. The molecule has 0 fully saturated rings. The Morgan fingerprint density at radius 3 is 2.85 bits per heavy atom. The molecule has 1 heterocycles. The monoisotopic (exact) mass is 326 g/mol. The molecule has 3 aromatic rings. The van der Waals surface area contributed by atoms with Crippen molar-refractivity contribution in [3.63, 3.8) is 0 Å². The number of aryl methyl sites for hydroxylation is 1. The van der Waals surface area contributed by atoms with Gasteiger partial charge in [0.2, 0.25) is 5.95 Å². The minimum Gasteiger partial charge on any atom is -0.369 e. The van der Waals surface area contributed by atoms with Crippen molar-refractivity contribution in [2.75, 3.05) is 5.73 Å². The van der Waals surface area contributed by atoms with E-state index in [9.17, 15) is 5.26 Å². The van der Waals surface area contributed by atoms with Crippen molar-refractivity contribution in [1.82, 2.24) is 9.55 Å². The predicted octanol–water partition coefficient (Wildman–Crippen LogP) is 3.55. The van der Waals surface area contributed by atoms with Crippen LogP contribution in [0.1, 0.15) is 11.1 Å². The summed E-state index contributed by atoms with van der Waals surface area (Å²) in [5.74, 6) is 0.379. The Balaban J connectivity index is 2.42. The zero-order valence-corrected chi connectivity index (χ0v) is 12.3. The number of hydrogen-bond acceptors (Lipinski definition) is 3. The molecule has 3 rings (SSSR count). The quantitative estimate of drug-likeness (QED) is 0.743. The Kier molecular flexibility index (Phi) is 2.96. The Labute approximate surface area is 124 Å². The van der Waals surface area contributed by atoms with Crippen molar-refractivity contribution in [2.45, 2.75) is 6.92 Å². The number of rotatable bonds is 1. The standard InChI is InChI=1S/C15H11BrN4/c1-9-3-2-4-12-14(9)19-15(18)20(12)13-7-11(16)6-5-10(13)8-17/h2-7H,1H3,(H2,18,19). The first-order valence-corrected chi connectivity index (χ1v) is 6.84. The van der Waals surface area contributed by atoms with Gasteiger partial charge in [-0.25, -0.2) is 4.98 Å². The zero-order chi connectivity index (χ0) is 14.3. The molecule has 0 spiro atoms. The average molecular weight is 327 g/mol. The maximum atomic E-state index is 9.29. The number of nitrogens with two attached hydrogens (primary N) is 1. The molecule has 0 aliphatic rings. The largest absolute Gasteiger partial charge is 0.369 e. The summed E-state index contributed by atoms with van der Waals surface area (Å²) in [5.41, 5.74) is 10.2. The molecule has 0 aliphatic heterocycles. The van der Waals surface area contributed by atoms with Crippen LogP contribution in [0, 0.1) is 18.3 Å². The third kappa shape index (κ3) is 1.86. The number of nitriles is 1. The highest BCUT2D eigenvalue weighted by molar-refractivity contribution is 9.10. The first kappa shape index (κ1) is 12.7. The van der Waals surface area contributed by atoms with Gasteiger partial charge in [-0.05, 0) is 36.8 Å². The summed E-state index contributed by atoms with van der Waals surface area (Å²) in [6, 6.07) is 13.6. The number of anilines is 1. The highest BCUT2D eigenvalue weighted by atomic mass is 79.9. The second kappa shape index (κ2) is 4.66.